The summed E-state index contributed by atoms with van der Waals surface area (Å²) in [5.74, 6) is -1.35. The lowest BCUT2D eigenvalue weighted by molar-refractivity contribution is -0.137. The summed E-state index contributed by atoms with van der Waals surface area (Å²) in [6, 6.07) is 4.42. The first kappa shape index (κ1) is 19.4. The van der Waals surface area contributed by atoms with Gasteiger partial charge in [-0.2, -0.15) is 0 Å². The Hall–Kier alpha value is -1.93. The fourth-order valence-electron chi connectivity index (χ4n) is 2.36. The summed E-state index contributed by atoms with van der Waals surface area (Å²) >= 11 is 0. The molecule has 1 aromatic carbocycles. The summed E-state index contributed by atoms with van der Waals surface area (Å²) in [7, 11) is -3.64. The molecular formula is C17H24N2O5S. The number of carboxylic acids is 1. The van der Waals surface area contributed by atoms with Gasteiger partial charge < -0.3 is 10.4 Å². The number of benzene rings is 1. The van der Waals surface area contributed by atoms with Crippen molar-refractivity contribution in [2.45, 2.75) is 62.9 Å². The second-order valence-electron chi connectivity index (χ2n) is 7.10. The summed E-state index contributed by atoms with van der Waals surface area (Å²) in [6.07, 6.45) is 1.87. The van der Waals surface area contributed by atoms with E-state index in [2.05, 4.69) is 10.0 Å². The third-order valence-electron chi connectivity index (χ3n) is 4.08. The van der Waals surface area contributed by atoms with Gasteiger partial charge in [-0.15, -0.1) is 0 Å². The van der Waals surface area contributed by atoms with Gasteiger partial charge in [-0.25, -0.2) is 13.1 Å². The SMILES string of the molecule is Cc1ccc(S(=O)(=O)NC2CC2)cc1C(=O)NC(C)(C)CCC(=O)O. The average molecular weight is 368 g/mol. The van der Waals surface area contributed by atoms with Gasteiger partial charge in [0.15, 0.2) is 0 Å². The fourth-order valence-corrected chi connectivity index (χ4v) is 3.69. The second-order valence-corrected chi connectivity index (χ2v) is 8.82. The molecule has 8 heteroatoms. The third-order valence-corrected chi connectivity index (χ3v) is 5.60. The van der Waals surface area contributed by atoms with E-state index in [9.17, 15) is 18.0 Å². The smallest absolute Gasteiger partial charge is 0.303 e. The van der Waals surface area contributed by atoms with Crippen LogP contribution in [0.3, 0.4) is 0 Å². The molecule has 1 fully saturated rings. The van der Waals surface area contributed by atoms with Crippen LogP contribution in [0.5, 0.6) is 0 Å². The summed E-state index contributed by atoms with van der Waals surface area (Å²) in [5.41, 5.74) is 0.197. The molecule has 0 bridgehead atoms. The standard InChI is InChI=1S/C17H24N2O5S/c1-11-4-7-13(25(23,24)19-12-5-6-12)10-14(11)16(22)18-17(2,3)9-8-15(20)21/h4,7,10,12,19H,5-6,8-9H2,1-3H3,(H,18,22)(H,20,21). The maximum atomic E-state index is 12.6. The first-order chi connectivity index (χ1) is 11.5. The number of nitrogens with one attached hydrogen (secondary N) is 2. The van der Waals surface area contributed by atoms with Crippen molar-refractivity contribution in [3.8, 4) is 0 Å². The highest BCUT2D eigenvalue weighted by Crippen LogP contribution is 2.23. The van der Waals surface area contributed by atoms with E-state index >= 15 is 0 Å². The van der Waals surface area contributed by atoms with E-state index in [4.69, 9.17) is 5.11 Å². The van der Waals surface area contributed by atoms with Crippen LogP contribution in [0.15, 0.2) is 23.1 Å². The Morgan fingerprint density at radius 1 is 1.28 bits per heavy atom. The van der Waals surface area contributed by atoms with Crippen LogP contribution in [0.1, 0.15) is 55.5 Å². The molecule has 1 saturated carbocycles. The minimum absolute atomic E-state index is 0.0152. The molecule has 7 nitrogen and oxygen atoms in total. The highest BCUT2D eigenvalue weighted by molar-refractivity contribution is 7.89. The van der Waals surface area contributed by atoms with Gasteiger partial charge in [0.05, 0.1) is 4.90 Å². The van der Waals surface area contributed by atoms with Gasteiger partial charge >= 0.3 is 5.97 Å². The zero-order chi connectivity index (χ0) is 18.8. The molecule has 2 rings (SSSR count). The highest BCUT2D eigenvalue weighted by Gasteiger charge is 2.29. The summed E-state index contributed by atoms with van der Waals surface area (Å²) < 4.78 is 27.2. The normalized spacial score (nSPS) is 15.0. The Morgan fingerprint density at radius 3 is 2.48 bits per heavy atom. The first-order valence-corrected chi connectivity index (χ1v) is 9.66. The Bertz CT molecular complexity index is 782. The lowest BCUT2D eigenvalue weighted by atomic mass is 9.97. The lowest BCUT2D eigenvalue weighted by Crippen LogP contribution is -2.44. The predicted molar refractivity (Wildman–Crippen MR) is 92.9 cm³/mol. The Morgan fingerprint density at radius 2 is 1.92 bits per heavy atom. The molecular weight excluding hydrogens is 344 g/mol. The van der Waals surface area contributed by atoms with Gasteiger partial charge in [-0.05, 0) is 57.7 Å². The van der Waals surface area contributed by atoms with E-state index in [0.717, 1.165) is 12.8 Å². The molecule has 0 unspecified atom stereocenters. The highest BCUT2D eigenvalue weighted by atomic mass is 32.2. The van der Waals surface area contributed by atoms with Crippen LogP contribution in [0, 0.1) is 6.92 Å². The zero-order valence-electron chi connectivity index (χ0n) is 14.6. The topological polar surface area (TPSA) is 113 Å². The molecule has 1 aliphatic carbocycles. The predicted octanol–water partition coefficient (Wildman–Crippen LogP) is 1.81. The van der Waals surface area contributed by atoms with E-state index in [-0.39, 0.29) is 29.3 Å². The van der Waals surface area contributed by atoms with Crippen LogP contribution < -0.4 is 10.0 Å². The molecule has 0 radical (unpaired) electrons. The van der Waals surface area contributed by atoms with Crippen molar-refractivity contribution < 1.29 is 23.1 Å². The number of hydrogen-bond donors (Lipinski definition) is 3. The maximum absolute atomic E-state index is 12.6. The number of hydrogen-bond acceptors (Lipinski definition) is 4. The third kappa shape index (κ3) is 5.54. The summed E-state index contributed by atoms with van der Waals surface area (Å²) in [5, 5.41) is 11.6. The van der Waals surface area contributed by atoms with Crippen molar-refractivity contribution in [2.24, 2.45) is 0 Å². The zero-order valence-corrected chi connectivity index (χ0v) is 15.4. The number of carbonyl (C=O) groups is 2. The van der Waals surface area contributed by atoms with E-state index in [1.54, 1.807) is 26.8 Å². The van der Waals surface area contributed by atoms with Gasteiger partial charge in [-0.1, -0.05) is 6.07 Å². The molecule has 0 aromatic heterocycles. The van der Waals surface area contributed by atoms with E-state index < -0.39 is 27.4 Å². The molecule has 0 aliphatic heterocycles. The number of sulfonamides is 1. The van der Waals surface area contributed by atoms with E-state index in [1.807, 2.05) is 0 Å². The Labute approximate surface area is 147 Å². The average Bonchev–Trinajstić information content (AvgIpc) is 3.28. The Kier molecular flexibility index (Phi) is 5.53. The van der Waals surface area contributed by atoms with Crippen LogP contribution in [-0.4, -0.2) is 37.0 Å². The second kappa shape index (κ2) is 7.13. The minimum Gasteiger partial charge on any atom is -0.481 e. The quantitative estimate of drug-likeness (QED) is 0.648. The van der Waals surface area contributed by atoms with Crippen molar-refractivity contribution in [3.63, 3.8) is 0 Å². The van der Waals surface area contributed by atoms with Crippen LogP contribution in [0.4, 0.5) is 0 Å². The molecule has 1 amide bonds. The number of aryl methyl sites for hydroxylation is 1. The molecule has 0 saturated heterocycles. The van der Waals surface area contributed by atoms with Crippen LogP contribution in [0.25, 0.3) is 0 Å². The van der Waals surface area contributed by atoms with Crippen LogP contribution >= 0.6 is 0 Å². The molecule has 138 valence electrons. The molecule has 1 aliphatic rings. The fraction of sp³-hybridized carbons (Fsp3) is 0.529. The largest absolute Gasteiger partial charge is 0.481 e. The van der Waals surface area contributed by atoms with Gasteiger partial charge in [0.1, 0.15) is 0 Å². The van der Waals surface area contributed by atoms with Crippen LogP contribution in [-0.2, 0) is 14.8 Å². The summed E-state index contributed by atoms with van der Waals surface area (Å²) in [6.45, 7) is 5.20. The van der Waals surface area contributed by atoms with Gasteiger partial charge in [0.2, 0.25) is 10.0 Å². The van der Waals surface area contributed by atoms with Crippen molar-refractivity contribution in [1.82, 2.24) is 10.0 Å². The monoisotopic (exact) mass is 368 g/mol. The number of carboxylic acid groups (broad SMARTS) is 1. The summed E-state index contributed by atoms with van der Waals surface area (Å²) in [4.78, 5) is 23.3. The molecule has 0 spiro atoms. The maximum Gasteiger partial charge on any atom is 0.303 e. The molecule has 25 heavy (non-hydrogen) atoms. The number of carbonyl (C=O) groups excluding carboxylic acids is 1. The van der Waals surface area contributed by atoms with Crippen molar-refractivity contribution in [1.29, 1.82) is 0 Å². The van der Waals surface area contributed by atoms with Crippen LogP contribution in [0.2, 0.25) is 0 Å². The van der Waals surface area contributed by atoms with Gasteiger partial charge in [0.25, 0.3) is 5.91 Å². The van der Waals surface area contributed by atoms with Gasteiger partial charge in [0, 0.05) is 23.6 Å². The Balaban J connectivity index is 2.18. The minimum atomic E-state index is -3.64. The molecule has 0 heterocycles. The van der Waals surface area contributed by atoms with Crippen molar-refractivity contribution in [3.05, 3.63) is 29.3 Å². The number of rotatable bonds is 8. The van der Waals surface area contributed by atoms with E-state index in [0.29, 0.717) is 5.56 Å². The van der Waals surface area contributed by atoms with Crippen molar-refractivity contribution in [2.75, 3.05) is 0 Å². The lowest BCUT2D eigenvalue weighted by Gasteiger charge is -2.26. The van der Waals surface area contributed by atoms with Crippen molar-refractivity contribution >= 4 is 21.9 Å². The van der Waals surface area contributed by atoms with Gasteiger partial charge in [-0.3, -0.25) is 9.59 Å². The van der Waals surface area contributed by atoms with E-state index in [1.165, 1.54) is 12.1 Å². The number of amides is 1. The molecule has 3 N–H and O–H groups in total. The molecule has 1 aromatic rings. The number of aliphatic carboxylic acids is 1. The molecule has 0 atom stereocenters. The first-order valence-electron chi connectivity index (χ1n) is 8.17.